The number of hydrogen-bond acceptors (Lipinski definition) is 4. The highest BCUT2D eigenvalue weighted by Crippen LogP contribution is 2.35. The maximum absolute atomic E-state index is 13.4. The van der Waals surface area contributed by atoms with Gasteiger partial charge in [0, 0.05) is 38.8 Å². The molecule has 3 aromatic carbocycles. The largest absolute Gasteiger partial charge is 0.452 e. The van der Waals surface area contributed by atoms with Crippen molar-refractivity contribution in [3.63, 3.8) is 0 Å². The predicted molar refractivity (Wildman–Crippen MR) is 134 cm³/mol. The summed E-state index contributed by atoms with van der Waals surface area (Å²) < 4.78 is 7.75. The molecular formula is C27H15Cl2N3O2. The lowest BCUT2D eigenvalue weighted by molar-refractivity contribution is 0.101. The molecule has 0 saturated heterocycles. The number of fused-ring (bicyclic) bond motifs is 2. The molecule has 0 saturated carbocycles. The van der Waals surface area contributed by atoms with Crippen molar-refractivity contribution in [2.75, 3.05) is 0 Å². The highest BCUT2D eigenvalue weighted by Gasteiger charge is 2.24. The molecule has 0 atom stereocenters. The van der Waals surface area contributed by atoms with E-state index in [0.29, 0.717) is 38.1 Å². The standard InChI is InChI=1S/C27H15Cl2N3O2/c28-18-9-5-16(6-10-18)22-15-24-30-21(13-14-32(24)31-22)25-20-3-1-2-4-23(20)34-27(25)26(33)17-7-11-19(29)12-8-17/h1-15H. The minimum atomic E-state index is -0.236. The first-order valence-electron chi connectivity index (χ1n) is 10.5. The summed E-state index contributed by atoms with van der Waals surface area (Å²) in [5, 5.41) is 6.66. The molecule has 0 amide bonds. The number of rotatable bonds is 4. The molecule has 0 bridgehead atoms. The number of nitrogens with zero attached hydrogens (tertiary/aromatic N) is 3. The van der Waals surface area contributed by atoms with Crippen molar-refractivity contribution < 1.29 is 9.21 Å². The van der Waals surface area contributed by atoms with Crippen molar-refractivity contribution in [1.29, 1.82) is 0 Å². The van der Waals surface area contributed by atoms with E-state index in [1.165, 1.54) is 0 Å². The summed E-state index contributed by atoms with van der Waals surface area (Å²) in [5.41, 5.74) is 4.73. The fourth-order valence-corrected chi connectivity index (χ4v) is 4.22. The van der Waals surface area contributed by atoms with Gasteiger partial charge >= 0.3 is 0 Å². The van der Waals surface area contributed by atoms with Crippen molar-refractivity contribution in [2.24, 2.45) is 0 Å². The van der Waals surface area contributed by atoms with Gasteiger partial charge in [0.2, 0.25) is 5.78 Å². The average molecular weight is 484 g/mol. The molecule has 6 rings (SSSR count). The number of hydrogen-bond donors (Lipinski definition) is 0. The molecule has 0 N–H and O–H groups in total. The Labute approximate surface area is 204 Å². The fourth-order valence-electron chi connectivity index (χ4n) is 3.97. The Hall–Kier alpha value is -3.93. The van der Waals surface area contributed by atoms with Gasteiger partial charge in [0.15, 0.2) is 11.4 Å². The van der Waals surface area contributed by atoms with Crippen molar-refractivity contribution in [3.05, 3.63) is 112 Å². The number of ketones is 1. The number of para-hydroxylation sites is 1. The Morgan fingerprint density at radius 2 is 1.53 bits per heavy atom. The van der Waals surface area contributed by atoms with Crippen LogP contribution < -0.4 is 0 Å². The molecule has 164 valence electrons. The predicted octanol–water partition coefficient (Wildman–Crippen LogP) is 7.35. The zero-order valence-electron chi connectivity index (χ0n) is 17.6. The molecule has 3 heterocycles. The smallest absolute Gasteiger partial charge is 0.228 e. The first-order valence-corrected chi connectivity index (χ1v) is 11.3. The Balaban J connectivity index is 1.50. The first kappa shape index (κ1) is 20.7. The molecule has 5 nitrogen and oxygen atoms in total. The average Bonchev–Trinajstić information content (AvgIpc) is 3.46. The van der Waals surface area contributed by atoms with Crippen LogP contribution in [-0.2, 0) is 0 Å². The lowest BCUT2D eigenvalue weighted by Crippen LogP contribution is -2.02. The van der Waals surface area contributed by atoms with Crippen LogP contribution in [0.3, 0.4) is 0 Å². The zero-order valence-corrected chi connectivity index (χ0v) is 19.1. The van der Waals surface area contributed by atoms with Crippen LogP contribution in [0, 0.1) is 0 Å². The summed E-state index contributed by atoms with van der Waals surface area (Å²) in [6.45, 7) is 0. The second-order valence-corrected chi connectivity index (χ2v) is 8.66. The van der Waals surface area contributed by atoms with E-state index in [1.807, 2.05) is 66.9 Å². The van der Waals surface area contributed by atoms with Crippen LogP contribution in [0.1, 0.15) is 16.1 Å². The van der Waals surface area contributed by atoms with Crippen LogP contribution in [0.2, 0.25) is 10.0 Å². The molecule has 34 heavy (non-hydrogen) atoms. The van der Waals surface area contributed by atoms with E-state index in [2.05, 4.69) is 5.10 Å². The van der Waals surface area contributed by atoms with Gasteiger partial charge in [-0.2, -0.15) is 5.10 Å². The normalized spacial score (nSPS) is 11.4. The third kappa shape index (κ3) is 3.55. The molecule has 0 radical (unpaired) electrons. The van der Waals surface area contributed by atoms with Gasteiger partial charge in [-0.05, 0) is 48.5 Å². The monoisotopic (exact) mass is 483 g/mol. The van der Waals surface area contributed by atoms with Gasteiger partial charge in [0.25, 0.3) is 0 Å². The van der Waals surface area contributed by atoms with Crippen LogP contribution in [0.15, 0.2) is 95.5 Å². The first-order chi connectivity index (χ1) is 16.6. The summed E-state index contributed by atoms with van der Waals surface area (Å²) in [6, 6.07) is 25.5. The third-order valence-electron chi connectivity index (χ3n) is 5.63. The van der Waals surface area contributed by atoms with E-state index in [1.54, 1.807) is 28.8 Å². The number of halogens is 2. The van der Waals surface area contributed by atoms with Crippen LogP contribution in [0.4, 0.5) is 0 Å². The Bertz CT molecular complexity index is 1680. The summed E-state index contributed by atoms with van der Waals surface area (Å²) in [5.74, 6) is -0.00212. The van der Waals surface area contributed by atoms with Gasteiger partial charge < -0.3 is 4.42 Å². The highest BCUT2D eigenvalue weighted by atomic mass is 35.5. The topological polar surface area (TPSA) is 60.4 Å². The lowest BCUT2D eigenvalue weighted by atomic mass is 10.0. The Kier molecular flexibility index (Phi) is 4.94. The minimum Gasteiger partial charge on any atom is -0.452 e. The second-order valence-electron chi connectivity index (χ2n) is 7.79. The maximum atomic E-state index is 13.4. The minimum absolute atomic E-state index is 0.234. The Morgan fingerprint density at radius 3 is 2.29 bits per heavy atom. The molecule has 0 spiro atoms. The number of benzene rings is 3. The zero-order chi connectivity index (χ0) is 23.2. The number of furan rings is 1. The van der Waals surface area contributed by atoms with Crippen LogP contribution in [-0.4, -0.2) is 20.4 Å². The van der Waals surface area contributed by atoms with Gasteiger partial charge in [-0.15, -0.1) is 0 Å². The van der Waals surface area contributed by atoms with Crippen molar-refractivity contribution in [3.8, 4) is 22.5 Å². The second kappa shape index (κ2) is 8.13. The molecule has 6 aromatic rings. The fraction of sp³-hybridized carbons (Fsp3) is 0. The molecule has 0 aliphatic rings. The number of aromatic nitrogens is 3. The maximum Gasteiger partial charge on any atom is 0.228 e. The summed E-state index contributed by atoms with van der Waals surface area (Å²) in [7, 11) is 0. The highest BCUT2D eigenvalue weighted by molar-refractivity contribution is 6.31. The van der Waals surface area contributed by atoms with Crippen LogP contribution in [0.5, 0.6) is 0 Å². The molecule has 7 heteroatoms. The summed E-state index contributed by atoms with van der Waals surface area (Å²) in [4.78, 5) is 18.2. The Morgan fingerprint density at radius 1 is 0.824 bits per heavy atom. The van der Waals surface area contributed by atoms with E-state index in [0.717, 1.165) is 16.6 Å². The van der Waals surface area contributed by atoms with E-state index in [-0.39, 0.29) is 11.5 Å². The van der Waals surface area contributed by atoms with Crippen molar-refractivity contribution in [1.82, 2.24) is 14.6 Å². The van der Waals surface area contributed by atoms with Gasteiger partial charge in [-0.1, -0.05) is 53.5 Å². The quantitative estimate of drug-likeness (QED) is 0.246. The summed E-state index contributed by atoms with van der Waals surface area (Å²) in [6.07, 6.45) is 1.83. The van der Waals surface area contributed by atoms with Crippen molar-refractivity contribution >= 4 is 45.6 Å². The summed E-state index contributed by atoms with van der Waals surface area (Å²) >= 11 is 12.0. The van der Waals surface area contributed by atoms with Gasteiger partial charge in [0.1, 0.15) is 5.58 Å². The van der Waals surface area contributed by atoms with Gasteiger partial charge in [-0.3, -0.25) is 4.79 Å². The molecule has 0 aliphatic heterocycles. The van der Waals surface area contributed by atoms with E-state index < -0.39 is 0 Å². The SMILES string of the molecule is O=C(c1ccc(Cl)cc1)c1oc2ccccc2c1-c1ccn2nc(-c3ccc(Cl)cc3)cc2n1. The van der Waals surface area contributed by atoms with Gasteiger partial charge in [-0.25, -0.2) is 9.50 Å². The number of carbonyl (C=O) groups is 1. The molecule has 0 fully saturated rings. The lowest BCUT2D eigenvalue weighted by Gasteiger charge is -2.04. The van der Waals surface area contributed by atoms with E-state index in [4.69, 9.17) is 32.6 Å². The van der Waals surface area contributed by atoms with Crippen molar-refractivity contribution in [2.45, 2.75) is 0 Å². The molecular weight excluding hydrogens is 469 g/mol. The number of carbonyl (C=O) groups excluding carboxylic acids is 1. The van der Waals surface area contributed by atoms with Gasteiger partial charge in [0.05, 0.1) is 17.0 Å². The molecule has 0 unspecified atom stereocenters. The van der Waals surface area contributed by atoms with E-state index >= 15 is 0 Å². The third-order valence-corrected chi connectivity index (χ3v) is 6.13. The van der Waals surface area contributed by atoms with Crippen LogP contribution >= 0.6 is 23.2 Å². The van der Waals surface area contributed by atoms with E-state index in [9.17, 15) is 4.79 Å². The molecule has 3 aromatic heterocycles. The molecule has 0 aliphatic carbocycles. The van der Waals surface area contributed by atoms with Crippen LogP contribution in [0.25, 0.3) is 39.1 Å².